The Hall–Kier alpha value is -1.33. The van der Waals surface area contributed by atoms with E-state index >= 15 is 0 Å². The predicted molar refractivity (Wildman–Crippen MR) is 101 cm³/mol. The molecule has 1 heterocycles. The van der Waals surface area contributed by atoms with Crippen molar-refractivity contribution < 1.29 is 35.6 Å². The van der Waals surface area contributed by atoms with Crippen LogP contribution in [0.4, 0.5) is 13.2 Å². The van der Waals surface area contributed by atoms with Crippen LogP contribution in [0.1, 0.15) is 13.3 Å². The summed E-state index contributed by atoms with van der Waals surface area (Å²) in [6, 6.07) is 15.2. The molecule has 5 nitrogen and oxygen atoms in total. The van der Waals surface area contributed by atoms with Gasteiger partial charge in [0, 0.05) is 19.1 Å². The first-order valence-corrected chi connectivity index (χ1v) is 11.3. The van der Waals surface area contributed by atoms with Crippen LogP contribution in [0.2, 0.25) is 0 Å². The number of ether oxygens (including phenoxy) is 2. The molecule has 1 fully saturated rings. The number of fused-ring (bicyclic) bond motifs is 1. The van der Waals surface area contributed by atoms with E-state index in [2.05, 4.69) is 49.4 Å². The van der Waals surface area contributed by atoms with Crippen molar-refractivity contribution in [2.45, 2.75) is 35.3 Å². The van der Waals surface area contributed by atoms with E-state index in [0.717, 1.165) is 18.8 Å². The molecule has 156 valence electrons. The maximum absolute atomic E-state index is 10.7. The van der Waals surface area contributed by atoms with E-state index in [-0.39, 0.29) is 16.3 Å². The average molecular weight is 438 g/mol. The van der Waals surface area contributed by atoms with E-state index in [1.807, 2.05) is 7.11 Å². The summed E-state index contributed by atoms with van der Waals surface area (Å²) in [4.78, 5) is 1.43. The monoisotopic (exact) mass is 438 g/mol. The van der Waals surface area contributed by atoms with E-state index in [1.54, 1.807) is 0 Å². The Balaban J connectivity index is 0.000000300. The van der Waals surface area contributed by atoms with Crippen LogP contribution in [0.15, 0.2) is 47.4 Å². The van der Waals surface area contributed by atoms with Gasteiger partial charge in [0.2, 0.25) is 5.44 Å². The minimum atomic E-state index is -6.09. The van der Waals surface area contributed by atoms with E-state index in [9.17, 15) is 13.2 Å². The highest BCUT2D eigenvalue weighted by Gasteiger charge is 2.45. The van der Waals surface area contributed by atoms with Gasteiger partial charge in [-0.2, -0.15) is 13.2 Å². The summed E-state index contributed by atoms with van der Waals surface area (Å²) in [6.07, 6.45) is 1.35. The van der Waals surface area contributed by atoms with Gasteiger partial charge in [0.1, 0.15) is 11.9 Å². The Kier molecular flexibility index (Phi) is 7.74. The predicted octanol–water partition coefficient (Wildman–Crippen LogP) is 3.65. The smallest absolute Gasteiger partial charge is 0.485 e. The minimum absolute atomic E-state index is 0.118. The minimum Gasteiger partial charge on any atom is -0.741 e. The van der Waals surface area contributed by atoms with Gasteiger partial charge in [-0.25, -0.2) is 8.42 Å². The highest BCUT2D eigenvalue weighted by molar-refractivity contribution is 7.97. The molecule has 3 atom stereocenters. The Bertz CT molecular complexity index is 881. The van der Waals surface area contributed by atoms with Gasteiger partial charge in [-0.3, -0.25) is 0 Å². The van der Waals surface area contributed by atoms with Gasteiger partial charge in [-0.15, -0.1) is 0 Å². The quantitative estimate of drug-likeness (QED) is 0.414. The van der Waals surface area contributed by atoms with Crippen LogP contribution in [0.25, 0.3) is 10.8 Å². The largest absolute Gasteiger partial charge is 0.741 e. The molecule has 10 heteroatoms. The van der Waals surface area contributed by atoms with Gasteiger partial charge in [0.15, 0.2) is 15.0 Å². The lowest BCUT2D eigenvalue weighted by Gasteiger charge is -2.10. The summed E-state index contributed by atoms with van der Waals surface area (Å²) < 4.78 is 70.5. The summed E-state index contributed by atoms with van der Waals surface area (Å²) in [5.41, 5.74) is -5.36. The van der Waals surface area contributed by atoms with Crippen LogP contribution >= 0.6 is 0 Å². The molecule has 0 spiro atoms. The van der Waals surface area contributed by atoms with Gasteiger partial charge < -0.3 is 14.0 Å². The first-order chi connectivity index (χ1) is 13.1. The van der Waals surface area contributed by atoms with Crippen molar-refractivity contribution in [2.75, 3.05) is 19.5 Å². The zero-order valence-electron chi connectivity index (χ0n) is 15.3. The number of halogens is 3. The van der Waals surface area contributed by atoms with Crippen LogP contribution in [-0.2, 0) is 30.5 Å². The Morgan fingerprint density at radius 1 is 1.18 bits per heavy atom. The fourth-order valence-electron chi connectivity index (χ4n) is 2.93. The number of hydrogen-bond donors (Lipinski definition) is 0. The third-order valence-electron chi connectivity index (χ3n) is 4.12. The summed E-state index contributed by atoms with van der Waals surface area (Å²) in [7, 11) is -4.15. The molecule has 0 aliphatic carbocycles. The first-order valence-electron chi connectivity index (χ1n) is 8.42. The molecule has 3 rings (SSSR count). The number of methoxy groups -OCH3 is 1. The Labute approximate surface area is 164 Å². The standard InChI is InChI=1S/C17H21O2S.CHF3O3S/c1-3-19-14-11-17(18-2)20(12-14)16-10-6-8-13-7-4-5-9-15(13)16;2-1(3,4)8(5,6)7/h4-10,14,17H,3,11-12H2,1-2H3;(H,5,6,7)/q+1;/p-1. The van der Waals surface area contributed by atoms with Crippen molar-refractivity contribution in [1.29, 1.82) is 0 Å². The molecule has 0 radical (unpaired) electrons. The summed E-state index contributed by atoms with van der Waals surface area (Å²) in [5, 5.41) is 2.67. The molecule has 3 unspecified atom stereocenters. The highest BCUT2D eigenvalue weighted by atomic mass is 32.2. The van der Waals surface area contributed by atoms with E-state index in [4.69, 9.17) is 22.4 Å². The van der Waals surface area contributed by atoms with Crippen LogP contribution in [0.3, 0.4) is 0 Å². The number of benzene rings is 2. The lowest BCUT2D eigenvalue weighted by Crippen LogP contribution is -2.21. The third kappa shape index (κ3) is 5.60. The molecule has 1 aliphatic rings. The van der Waals surface area contributed by atoms with Crippen LogP contribution in [-0.4, -0.2) is 49.5 Å². The Morgan fingerprint density at radius 2 is 1.79 bits per heavy atom. The second-order valence-electron chi connectivity index (χ2n) is 5.95. The van der Waals surface area contributed by atoms with Crippen LogP contribution in [0, 0.1) is 0 Å². The molecule has 0 amide bonds. The van der Waals surface area contributed by atoms with Gasteiger partial charge >= 0.3 is 5.51 Å². The molecular formula is C18H21F3O5S2. The molecule has 2 aromatic rings. The lowest BCUT2D eigenvalue weighted by atomic mass is 10.1. The normalized spacial score (nSPS) is 22.7. The summed E-state index contributed by atoms with van der Waals surface area (Å²) >= 11 is 0. The molecule has 0 N–H and O–H groups in total. The van der Waals surface area contributed by atoms with Gasteiger partial charge in [-0.1, -0.05) is 30.3 Å². The van der Waals surface area contributed by atoms with Crippen molar-refractivity contribution in [3.63, 3.8) is 0 Å². The molecule has 0 saturated carbocycles. The van der Waals surface area contributed by atoms with Crippen molar-refractivity contribution in [2.24, 2.45) is 0 Å². The maximum atomic E-state index is 10.7. The molecule has 0 aromatic heterocycles. The number of rotatable bonds is 4. The molecule has 0 bridgehead atoms. The summed E-state index contributed by atoms with van der Waals surface area (Å²) in [6.45, 7) is 2.85. The summed E-state index contributed by atoms with van der Waals surface area (Å²) in [5.74, 6) is 1.08. The van der Waals surface area contributed by atoms with Gasteiger partial charge in [0.25, 0.3) is 0 Å². The third-order valence-corrected chi connectivity index (χ3v) is 7.36. The van der Waals surface area contributed by atoms with Crippen molar-refractivity contribution >= 4 is 31.8 Å². The molecule has 1 aliphatic heterocycles. The fourth-order valence-corrected chi connectivity index (χ4v) is 5.64. The highest BCUT2D eigenvalue weighted by Crippen LogP contribution is 2.35. The second kappa shape index (κ2) is 9.45. The average Bonchev–Trinajstić information content (AvgIpc) is 3.03. The lowest BCUT2D eigenvalue weighted by molar-refractivity contribution is -0.0517. The first kappa shape index (κ1) is 23.0. The zero-order chi connectivity index (χ0) is 20.9. The maximum Gasteiger partial charge on any atom is 0.485 e. The zero-order valence-corrected chi connectivity index (χ0v) is 16.9. The number of alkyl halides is 3. The van der Waals surface area contributed by atoms with Gasteiger partial charge in [0.05, 0.1) is 17.3 Å². The fraction of sp³-hybridized carbons (Fsp3) is 0.444. The number of hydrogen-bond acceptors (Lipinski definition) is 5. The molecule has 28 heavy (non-hydrogen) atoms. The van der Waals surface area contributed by atoms with Crippen LogP contribution in [0.5, 0.6) is 0 Å². The van der Waals surface area contributed by atoms with E-state index in [1.165, 1.54) is 15.7 Å². The topological polar surface area (TPSA) is 75.7 Å². The van der Waals surface area contributed by atoms with Crippen LogP contribution < -0.4 is 0 Å². The van der Waals surface area contributed by atoms with E-state index in [0.29, 0.717) is 6.10 Å². The van der Waals surface area contributed by atoms with Crippen molar-refractivity contribution in [3.05, 3.63) is 42.5 Å². The molecular weight excluding hydrogens is 417 g/mol. The molecule has 1 saturated heterocycles. The van der Waals surface area contributed by atoms with Crippen molar-refractivity contribution in [3.8, 4) is 0 Å². The SMILES string of the molecule is CCOC1CC(OC)[S+](c2cccc3ccccc23)C1.O=S(=O)([O-])C(F)(F)F. The molecule has 2 aromatic carbocycles. The van der Waals surface area contributed by atoms with E-state index < -0.39 is 15.6 Å². The van der Waals surface area contributed by atoms with Gasteiger partial charge in [-0.05, 0) is 24.4 Å². The Morgan fingerprint density at radius 3 is 2.36 bits per heavy atom. The van der Waals surface area contributed by atoms with Crippen molar-refractivity contribution in [1.82, 2.24) is 0 Å². The second-order valence-corrected chi connectivity index (χ2v) is 9.48.